The van der Waals surface area contributed by atoms with Gasteiger partial charge >= 0.3 is 0 Å². The molecule has 1 aromatic carbocycles. The van der Waals surface area contributed by atoms with Crippen molar-refractivity contribution in [3.05, 3.63) is 62.8 Å². The van der Waals surface area contributed by atoms with E-state index in [0.717, 1.165) is 73.3 Å². The molecule has 2 aliphatic rings. The molecule has 176 valence electrons. The third-order valence-electron chi connectivity index (χ3n) is 6.88. The normalized spacial score (nSPS) is 17.4. The average molecular weight is 493 g/mol. The lowest BCUT2D eigenvalue weighted by Gasteiger charge is -2.34. The minimum atomic E-state index is 0.127. The summed E-state index contributed by atoms with van der Waals surface area (Å²) in [5.41, 5.74) is 3.57. The molecule has 1 fully saturated rings. The summed E-state index contributed by atoms with van der Waals surface area (Å²) < 4.78 is 1.81. The SMILES string of the molecule is CN1CCc2c(sc3ncn(CCN4CCN(c5nc(-c6ccccc6)cs5)CC4)c(=O)c23)C1. The molecule has 3 aromatic heterocycles. The Kier molecular flexibility index (Phi) is 5.94. The van der Waals surface area contributed by atoms with Crippen LogP contribution in [0.3, 0.4) is 0 Å². The average Bonchev–Trinajstić information content (AvgIpc) is 3.50. The Bertz CT molecular complexity index is 1350. The van der Waals surface area contributed by atoms with Crippen molar-refractivity contribution in [3.8, 4) is 11.3 Å². The van der Waals surface area contributed by atoms with Crippen molar-refractivity contribution in [2.24, 2.45) is 0 Å². The van der Waals surface area contributed by atoms with E-state index in [1.165, 1.54) is 16.0 Å². The summed E-state index contributed by atoms with van der Waals surface area (Å²) >= 11 is 3.40. The van der Waals surface area contributed by atoms with Crippen molar-refractivity contribution < 1.29 is 0 Å². The second-order valence-corrected chi connectivity index (χ2v) is 11.0. The number of hydrogen-bond donors (Lipinski definition) is 0. The topological polar surface area (TPSA) is 57.5 Å². The Morgan fingerprint density at radius 3 is 2.68 bits per heavy atom. The van der Waals surface area contributed by atoms with E-state index in [-0.39, 0.29) is 5.56 Å². The van der Waals surface area contributed by atoms with Gasteiger partial charge in [-0.3, -0.25) is 14.3 Å². The smallest absolute Gasteiger partial charge is 0.262 e. The first-order valence-electron chi connectivity index (χ1n) is 11.8. The predicted molar refractivity (Wildman–Crippen MR) is 140 cm³/mol. The van der Waals surface area contributed by atoms with Crippen LogP contribution >= 0.6 is 22.7 Å². The summed E-state index contributed by atoms with van der Waals surface area (Å²) in [6, 6.07) is 10.4. The third kappa shape index (κ3) is 4.17. The van der Waals surface area contributed by atoms with Crippen molar-refractivity contribution in [1.29, 1.82) is 0 Å². The second kappa shape index (κ2) is 9.22. The summed E-state index contributed by atoms with van der Waals surface area (Å²) in [5, 5.41) is 4.10. The molecule has 5 heterocycles. The van der Waals surface area contributed by atoms with Crippen molar-refractivity contribution in [3.63, 3.8) is 0 Å². The van der Waals surface area contributed by atoms with Crippen molar-refractivity contribution in [1.82, 2.24) is 24.3 Å². The standard InChI is InChI=1S/C25H28N6OS2/c1-28-8-7-19-21(15-28)34-23-22(19)24(32)31(17-26-23)14-11-29-9-12-30(13-10-29)25-27-20(16-33-25)18-5-3-2-4-6-18/h2-6,16-17H,7-15H2,1H3. The zero-order valence-corrected chi connectivity index (χ0v) is 20.9. The minimum Gasteiger partial charge on any atom is -0.346 e. The number of thiophene rings is 1. The van der Waals surface area contributed by atoms with Gasteiger partial charge in [0, 0.05) is 68.2 Å². The number of aromatic nitrogens is 3. The van der Waals surface area contributed by atoms with Gasteiger partial charge in [-0.15, -0.1) is 22.7 Å². The van der Waals surface area contributed by atoms with E-state index in [4.69, 9.17) is 4.98 Å². The van der Waals surface area contributed by atoms with Gasteiger partial charge in [0.05, 0.1) is 17.4 Å². The largest absolute Gasteiger partial charge is 0.346 e. The lowest BCUT2D eigenvalue weighted by Crippen LogP contribution is -2.47. The summed E-state index contributed by atoms with van der Waals surface area (Å²) in [6.07, 6.45) is 2.69. The summed E-state index contributed by atoms with van der Waals surface area (Å²) in [7, 11) is 2.13. The highest BCUT2D eigenvalue weighted by atomic mass is 32.1. The monoisotopic (exact) mass is 492 g/mol. The molecule has 0 atom stereocenters. The lowest BCUT2D eigenvalue weighted by atomic mass is 10.1. The summed E-state index contributed by atoms with van der Waals surface area (Å²) in [6.45, 7) is 7.34. The highest BCUT2D eigenvalue weighted by Crippen LogP contribution is 2.32. The lowest BCUT2D eigenvalue weighted by molar-refractivity contribution is 0.247. The number of benzene rings is 1. The van der Waals surface area contributed by atoms with Crippen LogP contribution in [0.4, 0.5) is 5.13 Å². The highest BCUT2D eigenvalue weighted by Gasteiger charge is 2.23. The molecule has 34 heavy (non-hydrogen) atoms. The maximum atomic E-state index is 13.3. The van der Waals surface area contributed by atoms with Gasteiger partial charge in [-0.1, -0.05) is 30.3 Å². The molecule has 0 saturated carbocycles. The van der Waals surface area contributed by atoms with Crippen LogP contribution in [0.1, 0.15) is 10.4 Å². The van der Waals surface area contributed by atoms with E-state index in [1.807, 2.05) is 10.6 Å². The third-order valence-corrected chi connectivity index (χ3v) is 8.91. The Labute approximate surface area is 206 Å². The molecule has 9 heteroatoms. The zero-order chi connectivity index (χ0) is 23.1. The molecule has 2 aliphatic heterocycles. The van der Waals surface area contributed by atoms with Crippen LogP contribution < -0.4 is 10.5 Å². The fraction of sp³-hybridized carbons (Fsp3) is 0.400. The Morgan fingerprint density at radius 1 is 1.03 bits per heavy atom. The molecular weight excluding hydrogens is 464 g/mol. The molecule has 6 rings (SSSR count). The molecule has 0 bridgehead atoms. The van der Waals surface area contributed by atoms with Crippen LogP contribution in [0.25, 0.3) is 21.5 Å². The van der Waals surface area contributed by atoms with Crippen LogP contribution in [-0.2, 0) is 19.5 Å². The zero-order valence-electron chi connectivity index (χ0n) is 19.3. The van der Waals surface area contributed by atoms with Gasteiger partial charge in [0.2, 0.25) is 0 Å². The number of nitrogens with zero attached hydrogens (tertiary/aromatic N) is 6. The molecule has 0 unspecified atom stereocenters. The first kappa shape index (κ1) is 21.9. The number of hydrogen-bond acceptors (Lipinski definition) is 8. The van der Waals surface area contributed by atoms with E-state index >= 15 is 0 Å². The van der Waals surface area contributed by atoms with Crippen LogP contribution in [0.5, 0.6) is 0 Å². The Balaban J connectivity index is 1.09. The van der Waals surface area contributed by atoms with Gasteiger partial charge in [0.1, 0.15) is 4.83 Å². The highest BCUT2D eigenvalue weighted by molar-refractivity contribution is 7.18. The Morgan fingerprint density at radius 2 is 1.85 bits per heavy atom. The molecule has 0 amide bonds. The second-order valence-electron chi connectivity index (χ2n) is 9.12. The molecule has 0 aliphatic carbocycles. The number of thiazole rings is 1. The fourth-order valence-electron chi connectivity index (χ4n) is 4.87. The number of rotatable bonds is 5. The number of piperazine rings is 1. The van der Waals surface area contributed by atoms with E-state index in [1.54, 1.807) is 29.0 Å². The van der Waals surface area contributed by atoms with E-state index in [9.17, 15) is 4.79 Å². The van der Waals surface area contributed by atoms with Gasteiger partial charge in [0.25, 0.3) is 5.56 Å². The van der Waals surface area contributed by atoms with E-state index < -0.39 is 0 Å². The molecule has 0 N–H and O–H groups in total. The van der Waals surface area contributed by atoms with Gasteiger partial charge in [-0.25, -0.2) is 9.97 Å². The predicted octanol–water partition coefficient (Wildman–Crippen LogP) is 3.39. The molecular formula is C25H28N6OS2. The molecule has 4 aromatic rings. The van der Waals surface area contributed by atoms with Gasteiger partial charge in [0.15, 0.2) is 5.13 Å². The van der Waals surface area contributed by atoms with Crippen molar-refractivity contribution >= 4 is 38.0 Å². The van der Waals surface area contributed by atoms with E-state index in [2.05, 4.69) is 56.4 Å². The number of anilines is 1. The number of likely N-dealkylation sites (N-methyl/N-ethyl adjacent to an activating group) is 1. The number of fused-ring (bicyclic) bond motifs is 3. The van der Waals surface area contributed by atoms with Gasteiger partial charge < -0.3 is 9.80 Å². The van der Waals surface area contributed by atoms with Crippen molar-refractivity contribution in [2.45, 2.75) is 19.5 Å². The first-order valence-corrected chi connectivity index (χ1v) is 13.5. The Hall–Kier alpha value is -2.59. The van der Waals surface area contributed by atoms with Crippen LogP contribution in [-0.4, -0.2) is 70.7 Å². The maximum absolute atomic E-state index is 13.3. The summed E-state index contributed by atoms with van der Waals surface area (Å²) in [5.74, 6) is 0. The van der Waals surface area contributed by atoms with Crippen LogP contribution in [0.15, 0.2) is 46.8 Å². The van der Waals surface area contributed by atoms with Gasteiger partial charge in [-0.2, -0.15) is 0 Å². The molecule has 0 radical (unpaired) electrons. The quantitative estimate of drug-likeness (QED) is 0.426. The summed E-state index contributed by atoms with van der Waals surface area (Å²) in [4.78, 5) is 32.1. The molecule has 0 spiro atoms. The van der Waals surface area contributed by atoms with Crippen LogP contribution in [0.2, 0.25) is 0 Å². The maximum Gasteiger partial charge on any atom is 0.262 e. The van der Waals surface area contributed by atoms with Crippen LogP contribution in [0, 0.1) is 0 Å². The minimum absolute atomic E-state index is 0.127. The molecule has 7 nitrogen and oxygen atoms in total. The van der Waals surface area contributed by atoms with Gasteiger partial charge in [-0.05, 0) is 19.0 Å². The fourth-order valence-corrected chi connectivity index (χ4v) is 7.02. The van der Waals surface area contributed by atoms with Crippen molar-refractivity contribution in [2.75, 3.05) is 51.2 Å². The van der Waals surface area contributed by atoms with E-state index in [0.29, 0.717) is 6.54 Å². The molecule has 1 saturated heterocycles. The first-order chi connectivity index (χ1) is 16.7.